The van der Waals surface area contributed by atoms with Crippen molar-refractivity contribution in [3.05, 3.63) is 216 Å². The maximum Gasteiger partial charge on any atom is -0.0279 e. The van der Waals surface area contributed by atoms with Crippen LogP contribution < -0.4 is 24.8 Å². The zero-order chi connectivity index (χ0) is 43.0. The second-order valence-corrected chi connectivity index (χ2v) is 29.1. The number of fused-ring (bicyclic) bond motifs is 4. The Morgan fingerprint density at radius 2 is 0.613 bits per heavy atom. The van der Waals surface area contributed by atoms with E-state index in [1.165, 1.54) is 87.6 Å². The molecular formula is C56H56Cl2Si2Ti2-2. The Balaban J connectivity index is 0.000000209. The second-order valence-electron chi connectivity index (χ2n) is 15.7. The Bertz CT molecular complexity index is 2620. The molecule has 10 rings (SSSR count). The van der Waals surface area contributed by atoms with E-state index in [0.717, 1.165) is 0 Å². The molecule has 0 spiro atoms. The van der Waals surface area contributed by atoms with Gasteiger partial charge in [0.15, 0.2) is 0 Å². The molecule has 0 fully saturated rings. The first-order chi connectivity index (χ1) is 28.9. The number of hydrogen-bond acceptors (Lipinski definition) is 0. The van der Waals surface area contributed by atoms with E-state index in [0.29, 0.717) is 0 Å². The van der Waals surface area contributed by atoms with Gasteiger partial charge in [-0.25, -0.2) is 0 Å². The van der Waals surface area contributed by atoms with Crippen LogP contribution in [0, 0.1) is 27.7 Å². The Hall–Kier alpha value is -3.80. The molecule has 0 atom stereocenters. The monoisotopic (exact) mass is 950 g/mol. The van der Waals surface area contributed by atoms with Crippen LogP contribution in [0.4, 0.5) is 0 Å². The van der Waals surface area contributed by atoms with Crippen LogP contribution in [0.3, 0.4) is 0 Å². The van der Waals surface area contributed by atoms with Gasteiger partial charge in [0.2, 0.25) is 0 Å². The summed E-state index contributed by atoms with van der Waals surface area (Å²) in [5, 5.41) is 10.8. The first kappa shape index (κ1) is 52.5. The maximum atomic E-state index is 2.27. The summed E-state index contributed by atoms with van der Waals surface area (Å²) in [6.45, 7) is 17.6. The molecule has 10 aromatic rings. The molecule has 10 aromatic carbocycles. The van der Waals surface area contributed by atoms with E-state index in [1.807, 2.05) is 0 Å². The summed E-state index contributed by atoms with van der Waals surface area (Å²) >= 11 is 4.54. The molecule has 0 saturated heterocycles. The fourth-order valence-corrected chi connectivity index (χ4v) is 7.12. The fourth-order valence-electron chi connectivity index (χ4n) is 7.12. The molecule has 0 radical (unpaired) electrons. The van der Waals surface area contributed by atoms with Gasteiger partial charge >= 0.3 is 76.9 Å². The van der Waals surface area contributed by atoms with Gasteiger partial charge in [-0.3, -0.25) is 0 Å². The van der Waals surface area contributed by atoms with E-state index in [9.17, 15) is 0 Å². The average Bonchev–Trinajstić information content (AvgIpc) is 4.01. The van der Waals surface area contributed by atoms with Gasteiger partial charge in [0.05, 0.1) is 0 Å². The Labute approximate surface area is 407 Å². The molecule has 0 aliphatic rings. The summed E-state index contributed by atoms with van der Waals surface area (Å²) in [6, 6.07) is 68.8. The SMILES string of the molecule is C[Si](C)=[Ti+2].C[Si](C)=[Ti+2].Cc1cc2c(-c3ccccc3)cccc2[cH-]1.Cc1cc2c(-c3ccccc3)cccc2[cH-]1.Cc1cc2ccccc2[cH-]1.Cc1cc2ccccc2[cH-]1.[Cl-].[Cl-]. The molecule has 0 aliphatic heterocycles. The van der Waals surface area contributed by atoms with Crippen LogP contribution in [0.15, 0.2) is 194 Å². The van der Waals surface area contributed by atoms with Crippen LogP contribution in [-0.4, -0.2) is 12.4 Å². The van der Waals surface area contributed by atoms with E-state index in [-0.39, 0.29) is 37.2 Å². The zero-order valence-electron chi connectivity index (χ0n) is 37.2. The van der Waals surface area contributed by atoms with Crippen LogP contribution in [-0.2, 0) is 38.3 Å². The van der Waals surface area contributed by atoms with E-state index in [4.69, 9.17) is 0 Å². The summed E-state index contributed by atoms with van der Waals surface area (Å²) in [5.41, 5.74) is 10.6. The minimum atomic E-state index is 0. The standard InChI is InChI=1S/2C16H13.2C10H9.2C2H6Si.2ClH.2Ti/c2*1-12-10-14-8-5-9-15(16(14)11-12)13-6-3-2-4-7-13;2*1-8-6-9-4-2-3-5-10(9)7-8;2*1-3-2;;;;/h2*2-11H,1H3;2*2-7H,1H3;2*1-2H3;2*1H;;/q4*-1;;;;;2*+2/p-2. The van der Waals surface area contributed by atoms with E-state index < -0.39 is 0 Å². The number of hydrogen-bond donors (Lipinski definition) is 0. The largest absolute Gasteiger partial charge is 1.00 e. The first-order valence-electron chi connectivity index (χ1n) is 20.6. The van der Waals surface area contributed by atoms with Crippen LogP contribution in [0.25, 0.3) is 65.3 Å². The third kappa shape index (κ3) is 16.4. The van der Waals surface area contributed by atoms with Crippen molar-refractivity contribution >= 4 is 55.5 Å². The van der Waals surface area contributed by atoms with Crippen molar-refractivity contribution < 1.29 is 63.2 Å². The van der Waals surface area contributed by atoms with Gasteiger partial charge in [-0.15, -0.1) is 150 Å². The summed E-state index contributed by atoms with van der Waals surface area (Å²) in [6.07, 6.45) is 0.241. The summed E-state index contributed by atoms with van der Waals surface area (Å²) < 4.78 is 0. The van der Waals surface area contributed by atoms with Crippen LogP contribution >= 0.6 is 0 Å². The minimum absolute atomic E-state index is 0. The molecule has 0 saturated carbocycles. The van der Waals surface area contributed by atoms with E-state index in [2.05, 4.69) is 286 Å². The number of rotatable bonds is 2. The second kappa shape index (κ2) is 26.7. The van der Waals surface area contributed by atoms with Gasteiger partial charge in [-0.1, -0.05) is 124 Å². The van der Waals surface area contributed by atoms with Crippen molar-refractivity contribution in [3.8, 4) is 22.3 Å². The molecule has 312 valence electrons. The topological polar surface area (TPSA) is 0 Å². The maximum absolute atomic E-state index is 2.27. The van der Waals surface area contributed by atoms with Gasteiger partial charge in [0.1, 0.15) is 0 Å². The Morgan fingerprint density at radius 3 is 0.952 bits per heavy atom. The van der Waals surface area contributed by atoms with Crippen LogP contribution in [0.5, 0.6) is 0 Å². The van der Waals surface area contributed by atoms with Crippen LogP contribution in [0.2, 0.25) is 26.2 Å². The van der Waals surface area contributed by atoms with Gasteiger partial charge in [0.25, 0.3) is 0 Å². The number of halogens is 2. The minimum Gasteiger partial charge on any atom is -1.00 e. The Kier molecular flexibility index (Phi) is 22.7. The van der Waals surface area contributed by atoms with Gasteiger partial charge in [0, 0.05) is 0 Å². The average molecular weight is 952 g/mol. The summed E-state index contributed by atoms with van der Waals surface area (Å²) in [5.74, 6) is 0. The van der Waals surface area contributed by atoms with Crippen molar-refractivity contribution in [1.82, 2.24) is 0 Å². The van der Waals surface area contributed by atoms with Crippen molar-refractivity contribution in [2.45, 2.75) is 53.9 Å². The molecule has 62 heavy (non-hydrogen) atoms. The van der Waals surface area contributed by atoms with Crippen molar-refractivity contribution in [2.24, 2.45) is 0 Å². The van der Waals surface area contributed by atoms with Crippen LogP contribution in [0.1, 0.15) is 22.3 Å². The summed E-state index contributed by atoms with van der Waals surface area (Å²) in [4.78, 5) is 0. The van der Waals surface area contributed by atoms with Gasteiger partial charge in [-0.2, -0.15) is 24.3 Å². The Morgan fingerprint density at radius 1 is 0.339 bits per heavy atom. The van der Waals surface area contributed by atoms with E-state index in [1.54, 1.807) is 0 Å². The molecule has 0 aromatic heterocycles. The molecule has 0 nitrogen and oxygen atoms in total. The smallest absolute Gasteiger partial charge is 0.0279 e. The molecule has 0 unspecified atom stereocenters. The van der Waals surface area contributed by atoms with Crippen molar-refractivity contribution in [3.63, 3.8) is 0 Å². The molecule has 0 heterocycles. The molecular weight excluding hydrogens is 895 g/mol. The molecule has 0 aliphatic carbocycles. The molecule has 0 amide bonds. The van der Waals surface area contributed by atoms with E-state index >= 15 is 0 Å². The predicted molar refractivity (Wildman–Crippen MR) is 263 cm³/mol. The molecule has 0 N–H and O–H groups in total. The normalized spacial score (nSPS) is 9.87. The predicted octanol–water partition coefficient (Wildman–Crippen LogP) is 10.4. The first-order valence-corrected chi connectivity index (χ1v) is 30.3. The summed E-state index contributed by atoms with van der Waals surface area (Å²) in [7, 11) is 0. The molecule has 6 heteroatoms. The van der Waals surface area contributed by atoms with Crippen molar-refractivity contribution in [2.75, 3.05) is 0 Å². The number of aryl methyl sites for hydroxylation is 4. The molecule has 0 bridgehead atoms. The quantitative estimate of drug-likeness (QED) is 0.120. The van der Waals surface area contributed by atoms with Gasteiger partial charge < -0.3 is 24.8 Å². The zero-order valence-corrected chi connectivity index (χ0v) is 43.9. The number of benzene rings is 6. The third-order valence-electron chi connectivity index (χ3n) is 9.48. The van der Waals surface area contributed by atoms with Gasteiger partial charge in [-0.05, 0) is 11.1 Å². The van der Waals surface area contributed by atoms with Crippen molar-refractivity contribution in [1.29, 1.82) is 0 Å². The third-order valence-corrected chi connectivity index (χ3v) is 9.48. The fraction of sp³-hybridized carbons (Fsp3) is 0.143.